The summed E-state index contributed by atoms with van der Waals surface area (Å²) in [7, 11) is 0. The summed E-state index contributed by atoms with van der Waals surface area (Å²) < 4.78 is 4.94. The molecular weight excluding hydrogens is 339 g/mol. The fraction of sp³-hybridized carbons (Fsp3) is 0.188. The number of esters is 1. The van der Waals surface area contributed by atoms with E-state index in [1.54, 1.807) is 12.1 Å². The molecule has 2 rings (SSSR count). The predicted molar refractivity (Wildman–Crippen MR) is 87.5 cm³/mol. The van der Waals surface area contributed by atoms with Gasteiger partial charge in [0.15, 0.2) is 6.61 Å². The van der Waals surface area contributed by atoms with E-state index < -0.39 is 11.9 Å². The highest BCUT2D eigenvalue weighted by Crippen LogP contribution is 2.16. The van der Waals surface area contributed by atoms with Gasteiger partial charge in [0.2, 0.25) is 0 Å². The van der Waals surface area contributed by atoms with Crippen LogP contribution in [0.3, 0.4) is 0 Å². The Kier molecular flexibility index (Phi) is 5.96. The molecule has 23 heavy (non-hydrogen) atoms. The fourth-order valence-electron chi connectivity index (χ4n) is 1.86. The molecule has 0 bridgehead atoms. The second-order valence-corrected chi connectivity index (χ2v) is 5.61. The molecule has 1 unspecified atom stereocenters. The normalized spacial score (nSPS) is 11.6. The van der Waals surface area contributed by atoms with Gasteiger partial charge in [0.25, 0.3) is 5.91 Å². The first kappa shape index (κ1) is 17.2. The third kappa shape index (κ3) is 5.23. The molecular formula is C16H14Cl2N2O3. The van der Waals surface area contributed by atoms with Crippen molar-refractivity contribution in [2.75, 3.05) is 6.61 Å². The van der Waals surface area contributed by atoms with Crippen LogP contribution in [-0.2, 0) is 9.53 Å². The molecule has 0 fully saturated rings. The van der Waals surface area contributed by atoms with E-state index in [9.17, 15) is 9.59 Å². The van der Waals surface area contributed by atoms with Gasteiger partial charge in [-0.05, 0) is 36.8 Å². The molecule has 120 valence electrons. The average molecular weight is 353 g/mol. The van der Waals surface area contributed by atoms with E-state index in [1.807, 2.05) is 19.1 Å². The first-order valence-corrected chi connectivity index (χ1v) is 7.55. The number of carbonyl (C=O) groups excluding carboxylic acids is 2. The number of nitrogens with one attached hydrogen (secondary N) is 1. The number of aromatic nitrogens is 1. The summed E-state index contributed by atoms with van der Waals surface area (Å²) in [5.74, 6) is -1.04. The lowest BCUT2D eigenvalue weighted by Gasteiger charge is -2.14. The third-order valence-electron chi connectivity index (χ3n) is 3.04. The van der Waals surface area contributed by atoms with Gasteiger partial charge in [-0.25, -0.2) is 9.78 Å². The van der Waals surface area contributed by atoms with Gasteiger partial charge >= 0.3 is 5.97 Å². The number of ether oxygens (including phenoxy) is 1. The molecule has 0 aliphatic rings. The highest BCUT2D eigenvalue weighted by Gasteiger charge is 2.13. The maximum absolute atomic E-state index is 11.8. The lowest BCUT2D eigenvalue weighted by atomic mass is 10.1. The molecule has 7 heteroatoms. The Morgan fingerprint density at radius 1 is 1.22 bits per heavy atom. The minimum atomic E-state index is -0.636. The summed E-state index contributed by atoms with van der Waals surface area (Å²) in [6.07, 6.45) is 1.39. The summed E-state index contributed by atoms with van der Waals surface area (Å²) in [4.78, 5) is 27.4. The van der Waals surface area contributed by atoms with Crippen LogP contribution in [0.2, 0.25) is 10.2 Å². The number of nitrogens with zero attached hydrogens (tertiary/aromatic N) is 1. The van der Waals surface area contributed by atoms with Crippen LogP contribution in [-0.4, -0.2) is 23.5 Å². The van der Waals surface area contributed by atoms with E-state index in [2.05, 4.69) is 10.3 Å². The van der Waals surface area contributed by atoms with Crippen LogP contribution >= 0.6 is 23.2 Å². The monoisotopic (exact) mass is 352 g/mol. The molecule has 1 atom stereocenters. The first-order chi connectivity index (χ1) is 11.0. The van der Waals surface area contributed by atoms with Crippen LogP contribution in [0.1, 0.15) is 28.9 Å². The molecule has 5 nitrogen and oxygen atoms in total. The van der Waals surface area contributed by atoms with Crippen molar-refractivity contribution in [2.24, 2.45) is 0 Å². The summed E-state index contributed by atoms with van der Waals surface area (Å²) in [6.45, 7) is 1.45. The van der Waals surface area contributed by atoms with Gasteiger partial charge in [-0.2, -0.15) is 0 Å². The zero-order valence-corrected chi connectivity index (χ0v) is 13.8. The molecule has 0 saturated heterocycles. The van der Waals surface area contributed by atoms with Crippen molar-refractivity contribution in [3.8, 4) is 0 Å². The van der Waals surface area contributed by atoms with E-state index in [1.165, 1.54) is 18.3 Å². The number of pyridine rings is 1. The molecule has 0 aliphatic carbocycles. The second-order valence-electron chi connectivity index (χ2n) is 4.78. The third-order valence-corrected chi connectivity index (χ3v) is 3.50. The number of amides is 1. The quantitative estimate of drug-likeness (QED) is 0.661. The molecule has 0 spiro atoms. The molecule has 0 radical (unpaired) electrons. The molecule has 2 aromatic rings. The smallest absolute Gasteiger partial charge is 0.338 e. The summed E-state index contributed by atoms with van der Waals surface area (Å²) in [6, 6.07) is 9.73. The molecule has 1 amide bonds. The fourth-order valence-corrected chi connectivity index (χ4v) is 2.16. The molecule has 0 saturated carbocycles. The van der Waals surface area contributed by atoms with Crippen LogP contribution in [0.25, 0.3) is 0 Å². The summed E-state index contributed by atoms with van der Waals surface area (Å²) in [5, 5.41) is 3.54. The molecule has 1 N–H and O–H groups in total. The maximum Gasteiger partial charge on any atom is 0.338 e. The standard InChI is InChI=1S/C16H14Cl2N2O3/c1-10(11-2-4-13(17)5-3-11)20-15(21)9-23-16(22)12-6-7-19-14(18)8-12/h2-8,10H,9H2,1H3,(H,20,21). The van der Waals surface area contributed by atoms with Gasteiger partial charge in [-0.1, -0.05) is 35.3 Å². The highest BCUT2D eigenvalue weighted by molar-refractivity contribution is 6.30. The SMILES string of the molecule is CC(NC(=O)COC(=O)c1ccnc(Cl)c1)c1ccc(Cl)cc1. The van der Waals surface area contributed by atoms with Crippen molar-refractivity contribution in [2.45, 2.75) is 13.0 Å². The van der Waals surface area contributed by atoms with E-state index >= 15 is 0 Å². The summed E-state index contributed by atoms with van der Waals surface area (Å²) in [5.41, 5.74) is 1.14. The molecule has 1 aromatic carbocycles. The average Bonchev–Trinajstić information content (AvgIpc) is 2.53. The number of rotatable bonds is 5. The first-order valence-electron chi connectivity index (χ1n) is 6.79. The molecule has 1 aromatic heterocycles. The molecule has 1 heterocycles. The Balaban J connectivity index is 1.85. The Morgan fingerprint density at radius 2 is 1.91 bits per heavy atom. The zero-order valence-electron chi connectivity index (χ0n) is 12.3. The van der Waals surface area contributed by atoms with Crippen LogP contribution in [0.4, 0.5) is 0 Å². The van der Waals surface area contributed by atoms with Gasteiger partial charge in [-0.15, -0.1) is 0 Å². The van der Waals surface area contributed by atoms with Crippen LogP contribution < -0.4 is 5.32 Å². The lowest BCUT2D eigenvalue weighted by molar-refractivity contribution is -0.124. The van der Waals surface area contributed by atoms with Crippen LogP contribution in [0, 0.1) is 0 Å². The minimum absolute atomic E-state index is 0.181. The number of halogens is 2. The van der Waals surface area contributed by atoms with Crippen molar-refractivity contribution >= 4 is 35.1 Å². The second kappa shape index (κ2) is 7.94. The van der Waals surface area contributed by atoms with Crippen molar-refractivity contribution in [3.05, 3.63) is 63.9 Å². The van der Waals surface area contributed by atoms with Gasteiger partial charge in [0, 0.05) is 11.2 Å². The number of benzene rings is 1. The predicted octanol–water partition coefficient (Wildman–Crippen LogP) is 3.42. The largest absolute Gasteiger partial charge is 0.452 e. The Morgan fingerprint density at radius 3 is 2.57 bits per heavy atom. The van der Waals surface area contributed by atoms with Crippen LogP contribution in [0.15, 0.2) is 42.6 Å². The highest BCUT2D eigenvalue weighted by atomic mass is 35.5. The lowest BCUT2D eigenvalue weighted by Crippen LogP contribution is -2.31. The topological polar surface area (TPSA) is 68.3 Å². The minimum Gasteiger partial charge on any atom is -0.452 e. The van der Waals surface area contributed by atoms with Crippen molar-refractivity contribution in [1.82, 2.24) is 10.3 Å². The molecule has 0 aliphatic heterocycles. The van der Waals surface area contributed by atoms with Gasteiger partial charge in [0.1, 0.15) is 5.15 Å². The van der Waals surface area contributed by atoms with E-state index in [0.717, 1.165) is 5.56 Å². The van der Waals surface area contributed by atoms with Gasteiger partial charge in [0.05, 0.1) is 11.6 Å². The van der Waals surface area contributed by atoms with E-state index in [-0.39, 0.29) is 23.4 Å². The maximum atomic E-state index is 11.8. The van der Waals surface area contributed by atoms with Crippen LogP contribution in [0.5, 0.6) is 0 Å². The van der Waals surface area contributed by atoms with Crippen molar-refractivity contribution in [3.63, 3.8) is 0 Å². The van der Waals surface area contributed by atoms with Gasteiger partial charge in [-0.3, -0.25) is 4.79 Å². The van der Waals surface area contributed by atoms with E-state index in [0.29, 0.717) is 5.02 Å². The van der Waals surface area contributed by atoms with E-state index in [4.69, 9.17) is 27.9 Å². The summed E-state index contributed by atoms with van der Waals surface area (Å²) >= 11 is 11.5. The zero-order chi connectivity index (χ0) is 16.8. The Labute approximate surface area is 143 Å². The van der Waals surface area contributed by atoms with Gasteiger partial charge < -0.3 is 10.1 Å². The van der Waals surface area contributed by atoms with Crippen molar-refractivity contribution in [1.29, 1.82) is 0 Å². The number of hydrogen-bond donors (Lipinski definition) is 1. The number of hydrogen-bond acceptors (Lipinski definition) is 4. The Bertz CT molecular complexity index is 705. The Hall–Kier alpha value is -2.11. The van der Waals surface area contributed by atoms with Crippen molar-refractivity contribution < 1.29 is 14.3 Å². The number of carbonyl (C=O) groups is 2.